The molecule has 3 heterocycles. The third kappa shape index (κ3) is 8.59. The van der Waals surface area contributed by atoms with Gasteiger partial charge in [-0.3, -0.25) is 9.78 Å². The summed E-state index contributed by atoms with van der Waals surface area (Å²) in [4.78, 5) is 25.5. The molecule has 0 aliphatic heterocycles. The minimum atomic E-state index is -1.18. The molecule has 39 heavy (non-hydrogen) atoms. The summed E-state index contributed by atoms with van der Waals surface area (Å²) in [5.41, 5.74) is 2.65. The summed E-state index contributed by atoms with van der Waals surface area (Å²) < 4.78 is 24.0. The number of aryl methyl sites for hydroxylation is 1. The highest BCUT2D eigenvalue weighted by Gasteiger charge is 2.30. The Morgan fingerprint density at radius 3 is 2.46 bits per heavy atom. The van der Waals surface area contributed by atoms with Crippen molar-refractivity contribution in [2.24, 2.45) is 5.41 Å². The molecule has 0 spiro atoms. The van der Waals surface area contributed by atoms with Crippen molar-refractivity contribution in [1.82, 2.24) is 24.7 Å². The van der Waals surface area contributed by atoms with Crippen molar-refractivity contribution in [3.8, 4) is 34.5 Å². The highest BCUT2D eigenvalue weighted by atomic mass is 28.3. The van der Waals surface area contributed by atoms with Crippen LogP contribution in [0.3, 0.4) is 0 Å². The van der Waals surface area contributed by atoms with E-state index in [4.69, 9.17) is 18.9 Å². The molecule has 0 atom stereocenters. The monoisotopic (exact) mass is 555 g/mol. The van der Waals surface area contributed by atoms with Crippen molar-refractivity contribution in [1.29, 1.82) is 0 Å². The molecular formula is C28H41N5O5Si. The van der Waals surface area contributed by atoms with Gasteiger partial charge < -0.3 is 18.9 Å². The number of aromatic nitrogens is 5. The standard InChI is InChI=1S/C28H41N5O5Si/c1-19(2)38-27-31-25(32-33(27)18-36-12-13-39(7,8)9)23-11-10-21(15-29-23)22-16-30-24(14-20(22)3)37-17-28(4,5)26(34)35-6/h10-11,14-16,19H,12-13,17-18H2,1-9H3. The van der Waals surface area contributed by atoms with E-state index in [1.807, 2.05) is 39.0 Å². The van der Waals surface area contributed by atoms with Crippen molar-refractivity contribution in [2.75, 3.05) is 20.3 Å². The van der Waals surface area contributed by atoms with Gasteiger partial charge in [-0.15, -0.1) is 5.10 Å². The molecule has 0 saturated heterocycles. The summed E-state index contributed by atoms with van der Waals surface area (Å²) in [6.07, 6.45) is 3.47. The lowest BCUT2D eigenvalue weighted by Crippen LogP contribution is -2.32. The number of rotatable bonds is 13. The van der Waals surface area contributed by atoms with Crippen molar-refractivity contribution in [2.45, 2.75) is 73.1 Å². The Morgan fingerprint density at radius 2 is 1.87 bits per heavy atom. The lowest BCUT2D eigenvalue weighted by Gasteiger charge is -2.21. The molecule has 0 bridgehead atoms. The summed E-state index contributed by atoms with van der Waals surface area (Å²) >= 11 is 0. The lowest BCUT2D eigenvalue weighted by molar-refractivity contribution is -0.152. The van der Waals surface area contributed by atoms with E-state index < -0.39 is 13.5 Å². The zero-order valence-electron chi connectivity index (χ0n) is 24.6. The van der Waals surface area contributed by atoms with Gasteiger partial charge in [0.05, 0.1) is 18.6 Å². The molecule has 11 heteroatoms. The smallest absolute Gasteiger partial charge is 0.317 e. The Kier molecular flexibility index (Phi) is 9.84. The van der Waals surface area contributed by atoms with Gasteiger partial charge in [-0.05, 0) is 52.3 Å². The van der Waals surface area contributed by atoms with Gasteiger partial charge in [0.15, 0.2) is 0 Å². The number of pyridine rings is 2. The van der Waals surface area contributed by atoms with E-state index in [9.17, 15) is 4.79 Å². The zero-order valence-corrected chi connectivity index (χ0v) is 25.6. The van der Waals surface area contributed by atoms with Crippen LogP contribution in [0.1, 0.15) is 33.3 Å². The fraction of sp³-hybridized carbons (Fsp3) is 0.536. The Bertz CT molecular complexity index is 1250. The predicted octanol–water partition coefficient (Wildman–Crippen LogP) is 5.39. The second-order valence-corrected chi connectivity index (χ2v) is 17.3. The van der Waals surface area contributed by atoms with Gasteiger partial charge in [0, 0.05) is 44.3 Å². The van der Waals surface area contributed by atoms with Crippen LogP contribution in [-0.4, -0.2) is 65.2 Å². The number of methoxy groups -OCH3 is 1. The molecule has 0 N–H and O–H groups in total. The molecule has 212 valence electrons. The van der Waals surface area contributed by atoms with E-state index in [0.29, 0.717) is 30.0 Å². The first-order chi connectivity index (χ1) is 18.3. The second-order valence-electron chi connectivity index (χ2n) is 11.7. The first kappa shape index (κ1) is 30.2. The number of nitrogens with zero attached hydrogens (tertiary/aromatic N) is 5. The molecule has 0 unspecified atom stereocenters. The van der Waals surface area contributed by atoms with Crippen LogP contribution in [0.5, 0.6) is 11.9 Å². The number of esters is 1. The van der Waals surface area contributed by atoms with Crippen LogP contribution < -0.4 is 9.47 Å². The summed E-state index contributed by atoms with van der Waals surface area (Å²) in [5.74, 6) is 0.578. The molecule has 0 saturated carbocycles. The van der Waals surface area contributed by atoms with E-state index in [2.05, 4.69) is 39.7 Å². The molecule has 3 rings (SSSR count). The largest absolute Gasteiger partial charge is 0.476 e. The Morgan fingerprint density at radius 1 is 1.13 bits per heavy atom. The average molecular weight is 556 g/mol. The molecule has 3 aromatic rings. The quantitative estimate of drug-likeness (QED) is 0.156. The van der Waals surface area contributed by atoms with Gasteiger partial charge in [-0.2, -0.15) is 9.67 Å². The van der Waals surface area contributed by atoms with E-state index in [1.54, 1.807) is 30.9 Å². The molecule has 10 nitrogen and oxygen atoms in total. The highest BCUT2D eigenvalue weighted by Crippen LogP contribution is 2.27. The minimum Gasteiger partial charge on any atom is -0.476 e. The molecule has 3 aromatic heterocycles. The van der Waals surface area contributed by atoms with Crippen molar-refractivity contribution < 1.29 is 23.7 Å². The Balaban J connectivity index is 1.73. The maximum atomic E-state index is 11.9. The van der Waals surface area contributed by atoms with Gasteiger partial charge in [-0.1, -0.05) is 25.7 Å². The number of carbonyl (C=O) groups excluding carboxylic acids is 1. The van der Waals surface area contributed by atoms with Crippen LogP contribution in [0.25, 0.3) is 22.6 Å². The Labute approximate surface area is 232 Å². The van der Waals surface area contributed by atoms with Crippen LogP contribution in [0.4, 0.5) is 0 Å². The van der Waals surface area contributed by atoms with Crippen molar-refractivity contribution in [3.63, 3.8) is 0 Å². The first-order valence-electron chi connectivity index (χ1n) is 13.1. The molecule has 0 amide bonds. The maximum Gasteiger partial charge on any atom is 0.317 e. The van der Waals surface area contributed by atoms with Crippen LogP contribution in [-0.2, 0) is 21.0 Å². The topological polar surface area (TPSA) is 110 Å². The predicted molar refractivity (Wildman–Crippen MR) is 152 cm³/mol. The van der Waals surface area contributed by atoms with Gasteiger partial charge in [0.1, 0.15) is 19.0 Å². The molecular weight excluding hydrogens is 514 g/mol. The number of ether oxygens (including phenoxy) is 4. The Hall–Kier alpha value is -3.31. The highest BCUT2D eigenvalue weighted by molar-refractivity contribution is 6.76. The first-order valence-corrected chi connectivity index (χ1v) is 16.8. The molecule has 0 aliphatic carbocycles. The fourth-order valence-corrected chi connectivity index (χ4v) is 4.29. The van der Waals surface area contributed by atoms with E-state index in [1.165, 1.54) is 7.11 Å². The van der Waals surface area contributed by atoms with Crippen molar-refractivity contribution in [3.05, 3.63) is 36.2 Å². The van der Waals surface area contributed by atoms with Crippen molar-refractivity contribution >= 4 is 14.0 Å². The van der Waals surface area contributed by atoms with Crippen LogP contribution in [0.2, 0.25) is 25.7 Å². The third-order valence-electron chi connectivity index (χ3n) is 5.90. The summed E-state index contributed by atoms with van der Waals surface area (Å²) in [6.45, 7) is 17.5. The zero-order chi connectivity index (χ0) is 28.8. The number of hydrogen-bond acceptors (Lipinski definition) is 9. The normalized spacial score (nSPS) is 12.1. The summed E-state index contributed by atoms with van der Waals surface area (Å²) in [5, 5.41) is 4.60. The van der Waals surface area contributed by atoms with Crippen LogP contribution in [0.15, 0.2) is 30.6 Å². The average Bonchev–Trinajstić information content (AvgIpc) is 3.26. The molecule has 0 aromatic carbocycles. The van der Waals surface area contributed by atoms with Gasteiger partial charge in [-0.25, -0.2) is 4.98 Å². The summed E-state index contributed by atoms with van der Waals surface area (Å²) in [7, 11) is 0.186. The number of carbonyl (C=O) groups is 1. The second kappa shape index (κ2) is 12.7. The van der Waals surface area contributed by atoms with Gasteiger partial charge >= 0.3 is 12.0 Å². The van der Waals surface area contributed by atoms with E-state index >= 15 is 0 Å². The van der Waals surface area contributed by atoms with E-state index in [-0.39, 0.29) is 25.4 Å². The van der Waals surface area contributed by atoms with Gasteiger partial charge in [0.25, 0.3) is 0 Å². The van der Waals surface area contributed by atoms with Gasteiger partial charge in [0.2, 0.25) is 11.7 Å². The molecule has 0 fully saturated rings. The number of hydrogen-bond donors (Lipinski definition) is 0. The minimum absolute atomic E-state index is 0.0490. The third-order valence-corrected chi connectivity index (χ3v) is 7.60. The van der Waals surface area contributed by atoms with E-state index in [0.717, 1.165) is 22.7 Å². The van der Waals surface area contributed by atoms with Crippen LogP contribution >= 0.6 is 0 Å². The maximum absolute atomic E-state index is 11.9. The molecule has 0 aliphatic rings. The lowest BCUT2D eigenvalue weighted by atomic mass is 9.95. The summed E-state index contributed by atoms with van der Waals surface area (Å²) in [6, 6.07) is 7.16. The SMILES string of the molecule is COC(=O)C(C)(C)COc1cc(C)c(-c2ccc(-c3nc(OC(C)C)n(COCC[Si](C)(C)C)n3)nc2)cn1. The fourth-order valence-electron chi connectivity index (χ4n) is 3.53. The molecule has 0 radical (unpaired) electrons. The van der Waals surface area contributed by atoms with Crippen LogP contribution in [0, 0.1) is 12.3 Å².